The Morgan fingerprint density at radius 1 is 1.20 bits per heavy atom. The second-order valence-electron chi connectivity index (χ2n) is 2.81. The molecule has 0 amide bonds. The van der Waals surface area contributed by atoms with Crippen LogP contribution in [0.1, 0.15) is 40.5 Å². The van der Waals surface area contributed by atoms with Crippen molar-refractivity contribution in [1.29, 1.82) is 0 Å². The molecule has 1 fully saturated rings. The summed E-state index contributed by atoms with van der Waals surface area (Å²) in [6, 6.07) is 0. The van der Waals surface area contributed by atoms with E-state index in [1.807, 2.05) is 13.8 Å². The molecule has 0 N–H and O–H groups in total. The third-order valence-electron chi connectivity index (χ3n) is 1.75. The van der Waals surface area contributed by atoms with Gasteiger partial charge in [-0.2, -0.15) is 0 Å². The maximum absolute atomic E-state index is 5.35. The van der Waals surface area contributed by atoms with Gasteiger partial charge in [0.1, 0.15) is 0 Å². The topological polar surface area (TPSA) is 9.23 Å². The van der Waals surface area contributed by atoms with Gasteiger partial charge in [0.2, 0.25) is 0 Å². The van der Waals surface area contributed by atoms with Gasteiger partial charge in [-0.15, -0.1) is 0 Å². The van der Waals surface area contributed by atoms with Crippen molar-refractivity contribution in [1.82, 2.24) is 0 Å². The van der Waals surface area contributed by atoms with Gasteiger partial charge in [-0.25, -0.2) is 0 Å². The molecule has 1 heterocycles. The van der Waals surface area contributed by atoms with E-state index in [1.54, 1.807) is 0 Å². The van der Waals surface area contributed by atoms with Gasteiger partial charge in [-0.05, 0) is 25.7 Å². The highest BCUT2D eigenvalue weighted by Gasteiger charge is 2.13. The van der Waals surface area contributed by atoms with Crippen molar-refractivity contribution >= 4 is 0 Å². The summed E-state index contributed by atoms with van der Waals surface area (Å²) in [5, 5.41) is 0. The molecule has 1 nitrogen and oxygen atoms in total. The lowest BCUT2D eigenvalue weighted by Crippen LogP contribution is -2.20. The van der Waals surface area contributed by atoms with Crippen molar-refractivity contribution in [3.8, 4) is 0 Å². The number of hydrogen-bond acceptors (Lipinski definition) is 1. The molecular formula is C9H20O. The van der Waals surface area contributed by atoms with Crippen LogP contribution in [0.5, 0.6) is 0 Å². The molecule has 1 aliphatic heterocycles. The van der Waals surface area contributed by atoms with Crippen LogP contribution in [0.25, 0.3) is 0 Å². The van der Waals surface area contributed by atoms with E-state index in [2.05, 4.69) is 13.8 Å². The Labute approximate surface area is 64.8 Å². The fourth-order valence-electron chi connectivity index (χ4n) is 1.22. The summed E-state index contributed by atoms with van der Waals surface area (Å²) in [6.45, 7) is 9.41. The Morgan fingerprint density at radius 3 is 2.10 bits per heavy atom. The molecule has 0 aromatic heterocycles. The minimum atomic E-state index is 0.513. The summed E-state index contributed by atoms with van der Waals surface area (Å²) in [7, 11) is 0. The Hall–Kier alpha value is -0.0400. The Bertz CT molecular complexity index is 63.1. The van der Waals surface area contributed by atoms with E-state index in [9.17, 15) is 0 Å². The van der Waals surface area contributed by atoms with Gasteiger partial charge in [-0.1, -0.05) is 20.8 Å². The Kier molecular flexibility index (Phi) is 5.70. The summed E-state index contributed by atoms with van der Waals surface area (Å²) in [5.74, 6) is 0.888. The van der Waals surface area contributed by atoms with Gasteiger partial charge < -0.3 is 4.74 Å². The molecule has 1 unspecified atom stereocenters. The first kappa shape index (κ1) is 9.96. The van der Waals surface area contributed by atoms with E-state index in [-0.39, 0.29) is 0 Å². The lowest BCUT2D eigenvalue weighted by atomic mass is 9.99. The van der Waals surface area contributed by atoms with E-state index in [4.69, 9.17) is 4.74 Å². The van der Waals surface area contributed by atoms with E-state index < -0.39 is 0 Å². The fraction of sp³-hybridized carbons (Fsp3) is 1.00. The average molecular weight is 144 g/mol. The lowest BCUT2D eigenvalue weighted by Gasteiger charge is -2.23. The maximum Gasteiger partial charge on any atom is 0.0549 e. The first-order valence-electron chi connectivity index (χ1n) is 4.40. The van der Waals surface area contributed by atoms with Crippen molar-refractivity contribution < 1.29 is 4.74 Å². The van der Waals surface area contributed by atoms with Crippen LogP contribution in [0.3, 0.4) is 0 Å². The molecular weight excluding hydrogens is 124 g/mol. The van der Waals surface area contributed by atoms with Crippen molar-refractivity contribution in [2.45, 2.75) is 46.6 Å². The second-order valence-corrected chi connectivity index (χ2v) is 2.81. The first-order chi connectivity index (χ1) is 4.79. The zero-order chi connectivity index (χ0) is 7.98. The molecule has 0 aliphatic carbocycles. The highest BCUT2D eigenvalue weighted by molar-refractivity contribution is 4.63. The third-order valence-corrected chi connectivity index (χ3v) is 1.75. The molecule has 1 rings (SSSR count). The van der Waals surface area contributed by atoms with Gasteiger partial charge in [0.25, 0.3) is 0 Å². The highest BCUT2D eigenvalue weighted by atomic mass is 16.5. The third kappa shape index (κ3) is 3.89. The molecule has 2 atom stereocenters. The van der Waals surface area contributed by atoms with Crippen LogP contribution in [0.4, 0.5) is 0 Å². The van der Waals surface area contributed by atoms with E-state index in [0.717, 1.165) is 12.5 Å². The van der Waals surface area contributed by atoms with E-state index in [1.165, 1.54) is 12.8 Å². The van der Waals surface area contributed by atoms with Gasteiger partial charge in [0.15, 0.2) is 0 Å². The minimum absolute atomic E-state index is 0.513. The monoisotopic (exact) mass is 144 g/mol. The van der Waals surface area contributed by atoms with E-state index in [0.29, 0.717) is 6.10 Å². The molecule has 0 radical (unpaired) electrons. The predicted molar refractivity (Wildman–Crippen MR) is 45.2 cm³/mol. The normalized spacial score (nSPS) is 32.4. The van der Waals surface area contributed by atoms with Crippen molar-refractivity contribution in [3.05, 3.63) is 0 Å². The molecule has 0 saturated carbocycles. The van der Waals surface area contributed by atoms with Crippen LogP contribution in [0.15, 0.2) is 0 Å². The quantitative estimate of drug-likeness (QED) is 0.508. The van der Waals surface area contributed by atoms with Gasteiger partial charge in [0.05, 0.1) is 6.10 Å². The Morgan fingerprint density at radius 2 is 1.80 bits per heavy atom. The smallest absolute Gasteiger partial charge is 0.0549 e. The summed E-state index contributed by atoms with van der Waals surface area (Å²) in [6.07, 6.45) is 3.02. The van der Waals surface area contributed by atoms with Gasteiger partial charge in [0, 0.05) is 6.61 Å². The highest BCUT2D eigenvalue weighted by Crippen LogP contribution is 2.18. The zero-order valence-electron chi connectivity index (χ0n) is 7.68. The van der Waals surface area contributed by atoms with E-state index >= 15 is 0 Å². The molecule has 62 valence electrons. The molecule has 1 aliphatic rings. The average Bonchev–Trinajstić information content (AvgIpc) is 1.91. The first-order valence-corrected chi connectivity index (χ1v) is 4.40. The molecule has 1 saturated heterocycles. The van der Waals surface area contributed by atoms with Crippen molar-refractivity contribution in [3.63, 3.8) is 0 Å². The molecule has 1 heteroatoms. The fourth-order valence-corrected chi connectivity index (χ4v) is 1.22. The van der Waals surface area contributed by atoms with Crippen LogP contribution in [-0.2, 0) is 4.74 Å². The number of hydrogen-bond donors (Lipinski definition) is 0. The summed E-state index contributed by atoms with van der Waals surface area (Å²) in [5.41, 5.74) is 0. The van der Waals surface area contributed by atoms with Gasteiger partial charge in [-0.3, -0.25) is 0 Å². The largest absolute Gasteiger partial charge is 0.378 e. The molecule has 10 heavy (non-hydrogen) atoms. The summed E-state index contributed by atoms with van der Waals surface area (Å²) >= 11 is 0. The van der Waals surface area contributed by atoms with Crippen LogP contribution in [-0.4, -0.2) is 12.7 Å². The van der Waals surface area contributed by atoms with Crippen LogP contribution in [0.2, 0.25) is 0 Å². The Balaban J connectivity index is 0.000000371. The summed E-state index contributed by atoms with van der Waals surface area (Å²) in [4.78, 5) is 0. The SMILES string of the molecule is CC.CC1CCO[C@H](C)C1. The minimum Gasteiger partial charge on any atom is -0.378 e. The van der Waals surface area contributed by atoms with Crippen LogP contribution >= 0.6 is 0 Å². The standard InChI is InChI=1S/C7H14O.C2H6/c1-6-3-4-8-7(2)5-6;1-2/h6-7H,3-5H2,1-2H3;1-2H3/t6?,7-;/m1./s1. The maximum atomic E-state index is 5.35. The molecule has 0 aromatic carbocycles. The summed E-state index contributed by atoms with van der Waals surface area (Å²) < 4.78 is 5.35. The predicted octanol–water partition coefficient (Wildman–Crippen LogP) is 2.85. The molecule has 0 bridgehead atoms. The molecule has 0 spiro atoms. The van der Waals surface area contributed by atoms with Gasteiger partial charge >= 0.3 is 0 Å². The molecule has 0 aromatic rings. The second kappa shape index (κ2) is 5.72. The van der Waals surface area contributed by atoms with Crippen LogP contribution < -0.4 is 0 Å². The zero-order valence-corrected chi connectivity index (χ0v) is 7.68. The van der Waals surface area contributed by atoms with Crippen molar-refractivity contribution in [2.75, 3.05) is 6.61 Å². The lowest BCUT2D eigenvalue weighted by molar-refractivity contribution is 0.00682. The van der Waals surface area contributed by atoms with Crippen LogP contribution in [0, 0.1) is 5.92 Å². The number of rotatable bonds is 0. The van der Waals surface area contributed by atoms with Crippen molar-refractivity contribution in [2.24, 2.45) is 5.92 Å². The number of ether oxygens (including phenoxy) is 1.